The first-order chi connectivity index (χ1) is 20.2. The average Bonchev–Trinajstić information content (AvgIpc) is 3.51. The molecule has 0 aliphatic rings. The van der Waals surface area contributed by atoms with Crippen molar-refractivity contribution in [2.75, 3.05) is 0 Å². The van der Waals surface area contributed by atoms with Crippen LogP contribution in [0, 0.1) is 0 Å². The summed E-state index contributed by atoms with van der Waals surface area (Å²) in [4.78, 5) is 28.3. The molecule has 41 heavy (non-hydrogen) atoms. The van der Waals surface area contributed by atoms with E-state index in [1.807, 2.05) is 12.1 Å². The van der Waals surface area contributed by atoms with Crippen LogP contribution < -0.4 is 11.1 Å². The summed E-state index contributed by atoms with van der Waals surface area (Å²) in [5.74, 6) is 0. The van der Waals surface area contributed by atoms with E-state index in [2.05, 4.69) is 91.9 Å². The van der Waals surface area contributed by atoms with E-state index in [0.717, 1.165) is 56.6 Å². The van der Waals surface area contributed by atoms with Crippen molar-refractivity contribution in [1.29, 1.82) is 0 Å². The number of hydrogen-bond acceptors (Lipinski definition) is 2. The molecule has 0 aliphatic carbocycles. The predicted molar refractivity (Wildman–Crippen MR) is 173 cm³/mol. The Bertz CT molecular complexity index is 2360. The van der Waals surface area contributed by atoms with Gasteiger partial charge in [0, 0.05) is 6.54 Å². The third-order valence-electron chi connectivity index (χ3n) is 9.24. The molecule has 194 valence electrons. The summed E-state index contributed by atoms with van der Waals surface area (Å²) >= 11 is 0. The molecule has 3 nitrogen and oxygen atoms in total. The minimum Gasteiger partial charge on any atom is -0.274 e. The van der Waals surface area contributed by atoms with E-state index in [-0.39, 0.29) is 11.1 Å². The van der Waals surface area contributed by atoms with Crippen LogP contribution in [0.5, 0.6) is 0 Å². The number of aromatic nitrogens is 1. The van der Waals surface area contributed by atoms with Gasteiger partial charge in [0.1, 0.15) is 0 Å². The standard InChI is InChI=1S/C38H25NO2/c1-2-3-18-39-37(40)35-28-19-26(21-10-6-4-7-11-21)24-16-14-23-15-17-25-27(22-12-8-5-9-13-22)20-29(36(35)38(39)41)34-32(25)30(23)31(24)33(28)34/h4-17,19-20H,2-3,18H2,1H3. The maximum Gasteiger partial charge on any atom is 0.262 e. The molecule has 0 unspecified atom stereocenters. The summed E-state index contributed by atoms with van der Waals surface area (Å²) in [6.07, 6.45) is 1.71. The lowest BCUT2D eigenvalue weighted by atomic mass is 9.89. The predicted octanol–water partition coefficient (Wildman–Crippen LogP) is 9.01. The van der Waals surface area contributed by atoms with Gasteiger partial charge in [0.25, 0.3) is 11.1 Å². The van der Waals surface area contributed by atoms with Crippen molar-refractivity contribution in [2.45, 2.75) is 26.3 Å². The molecule has 0 aliphatic heterocycles. The molecule has 0 saturated carbocycles. The third kappa shape index (κ3) is 2.78. The summed E-state index contributed by atoms with van der Waals surface area (Å²) < 4.78 is 1.49. The quantitative estimate of drug-likeness (QED) is 0.210. The topological polar surface area (TPSA) is 39.1 Å². The fourth-order valence-electron chi connectivity index (χ4n) is 7.47. The number of unbranched alkanes of at least 4 members (excludes halogenated alkanes) is 1. The van der Waals surface area contributed by atoms with Gasteiger partial charge in [-0.2, -0.15) is 0 Å². The van der Waals surface area contributed by atoms with Gasteiger partial charge in [-0.15, -0.1) is 0 Å². The summed E-state index contributed by atoms with van der Waals surface area (Å²) in [5.41, 5.74) is 4.07. The number of nitrogens with zero attached hydrogens (tertiary/aromatic N) is 1. The Morgan fingerprint density at radius 2 is 0.976 bits per heavy atom. The summed E-state index contributed by atoms with van der Waals surface area (Å²) in [6, 6.07) is 34.0. The SMILES string of the molecule is CCCCn1c(=O)c2c3cc(-c4ccccc4)c4ccc5ccc6c(-c7ccccc7)cc(c2c1=O)c1c6c5c4c31. The molecule has 1 heterocycles. The van der Waals surface area contributed by atoms with Crippen LogP contribution in [0.1, 0.15) is 19.8 Å². The second-order valence-electron chi connectivity index (χ2n) is 11.4. The molecule has 0 bridgehead atoms. The number of hydrogen-bond donors (Lipinski definition) is 0. The normalized spacial score (nSPS) is 12.5. The van der Waals surface area contributed by atoms with Gasteiger partial charge in [0.05, 0.1) is 10.8 Å². The number of rotatable bonds is 5. The Morgan fingerprint density at radius 1 is 0.512 bits per heavy atom. The van der Waals surface area contributed by atoms with Crippen LogP contribution in [0.25, 0.3) is 86.9 Å². The van der Waals surface area contributed by atoms with Gasteiger partial charge in [-0.25, -0.2) is 0 Å². The second kappa shape index (κ2) is 8.02. The van der Waals surface area contributed by atoms with Crippen molar-refractivity contribution in [1.82, 2.24) is 4.57 Å². The van der Waals surface area contributed by atoms with Gasteiger partial charge in [0.15, 0.2) is 0 Å². The molecule has 0 fully saturated rings. The highest BCUT2D eigenvalue weighted by Gasteiger charge is 2.29. The minimum atomic E-state index is -0.164. The van der Waals surface area contributed by atoms with Crippen LogP contribution in [0.3, 0.4) is 0 Å². The molecule has 9 rings (SSSR count). The molecule has 0 atom stereocenters. The Labute approximate surface area is 235 Å². The highest BCUT2D eigenvalue weighted by Crippen LogP contribution is 2.53. The molecule has 0 spiro atoms. The fraction of sp³-hybridized carbons (Fsp3) is 0.105. The summed E-state index contributed by atoms with van der Waals surface area (Å²) in [6.45, 7) is 2.53. The lowest BCUT2D eigenvalue weighted by Crippen LogP contribution is -2.25. The zero-order chi connectivity index (χ0) is 27.4. The average molecular weight is 528 g/mol. The smallest absolute Gasteiger partial charge is 0.262 e. The van der Waals surface area contributed by atoms with Crippen LogP contribution in [-0.2, 0) is 6.54 Å². The van der Waals surface area contributed by atoms with Crippen molar-refractivity contribution < 1.29 is 0 Å². The molecular weight excluding hydrogens is 502 g/mol. The van der Waals surface area contributed by atoms with Gasteiger partial charge in [-0.3, -0.25) is 14.2 Å². The maximum atomic E-state index is 14.2. The van der Waals surface area contributed by atoms with Crippen molar-refractivity contribution in [3.8, 4) is 22.3 Å². The molecule has 9 aromatic rings. The number of fused-ring (bicyclic) bond motifs is 3. The van der Waals surface area contributed by atoms with E-state index in [1.165, 1.54) is 36.9 Å². The van der Waals surface area contributed by atoms with Crippen molar-refractivity contribution in [3.63, 3.8) is 0 Å². The largest absolute Gasteiger partial charge is 0.274 e. The zero-order valence-electron chi connectivity index (χ0n) is 22.6. The van der Waals surface area contributed by atoms with Crippen molar-refractivity contribution >= 4 is 64.6 Å². The second-order valence-corrected chi connectivity index (χ2v) is 11.4. The van der Waals surface area contributed by atoms with Gasteiger partial charge in [0.2, 0.25) is 0 Å². The van der Waals surface area contributed by atoms with Crippen LogP contribution in [-0.4, -0.2) is 4.57 Å². The van der Waals surface area contributed by atoms with E-state index in [4.69, 9.17) is 0 Å². The molecular formula is C38H25NO2. The first-order valence-corrected chi connectivity index (χ1v) is 14.4. The molecule has 0 N–H and O–H groups in total. The Kier molecular flexibility index (Phi) is 4.45. The zero-order valence-corrected chi connectivity index (χ0v) is 22.6. The first kappa shape index (κ1) is 22.8. The molecule has 3 heteroatoms. The van der Waals surface area contributed by atoms with E-state index in [0.29, 0.717) is 17.3 Å². The molecule has 0 radical (unpaired) electrons. The lowest BCUT2D eigenvalue weighted by Gasteiger charge is -2.12. The van der Waals surface area contributed by atoms with Gasteiger partial charge >= 0.3 is 0 Å². The Balaban J connectivity index is 1.62. The van der Waals surface area contributed by atoms with Crippen LogP contribution in [0.2, 0.25) is 0 Å². The van der Waals surface area contributed by atoms with Gasteiger partial charge < -0.3 is 0 Å². The first-order valence-electron chi connectivity index (χ1n) is 14.4. The fourth-order valence-corrected chi connectivity index (χ4v) is 7.47. The maximum absolute atomic E-state index is 14.2. The Morgan fingerprint density at radius 3 is 1.44 bits per heavy atom. The van der Waals surface area contributed by atoms with Gasteiger partial charge in [-0.1, -0.05) is 98.3 Å². The third-order valence-corrected chi connectivity index (χ3v) is 9.24. The lowest BCUT2D eigenvalue weighted by molar-refractivity contribution is 0.609. The van der Waals surface area contributed by atoms with E-state index >= 15 is 0 Å². The van der Waals surface area contributed by atoms with Gasteiger partial charge in [-0.05, 0) is 94.7 Å². The van der Waals surface area contributed by atoms with E-state index in [1.54, 1.807) is 0 Å². The number of benzene rings is 7. The highest BCUT2D eigenvalue weighted by molar-refractivity contribution is 6.49. The van der Waals surface area contributed by atoms with Crippen LogP contribution >= 0.6 is 0 Å². The molecule has 8 aromatic carbocycles. The van der Waals surface area contributed by atoms with E-state index < -0.39 is 0 Å². The summed E-state index contributed by atoms with van der Waals surface area (Å²) in [7, 11) is 0. The summed E-state index contributed by atoms with van der Waals surface area (Å²) in [5, 5.41) is 12.3. The molecule has 1 aromatic heterocycles. The van der Waals surface area contributed by atoms with Crippen molar-refractivity contribution in [3.05, 3.63) is 118 Å². The van der Waals surface area contributed by atoms with E-state index in [9.17, 15) is 9.59 Å². The minimum absolute atomic E-state index is 0.164. The van der Waals surface area contributed by atoms with Crippen LogP contribution in [0.4, 0.5) is 0 Å². The van der Waals surface area contributed by atoms with Crippen molar-refractivity contribution in [2.24, 2.45) is 0 Å². The monoisotopic (exact) mass is 527 g/mol. The molecule has 0 amide bonds. The molecule has 0 saturated heterocycles. The highest BCUT2D eigenvalue weighted by atomic mass is 16.2. The Hall–Kier alpha value is -5.02. The van der Waals surface area contributed by atoms with Crippen LogP contribution in [0.15, 0.2) is 107 Å².